The van der Waals surface area contributed by atoms with Crippen molar-refractivity contribution in [1.29, 1.82) is 0 Å². The Bertz CT molecular complexity index is 579. The molecule has 2 nitrogen and oxygen atoms in total. The lowest BCUT2D eigenvalue weighted by atomic mass is 9.98. The highest BCUT2D eigenvalue weighted by molar-refractivity contribution is 5.45. The predicted octanol–water partition coefficient (Wildman–Crippen LogP) is 3.73. The van der Waals surface area contributed by atoms with E-state index in [2.05, 4.69) is 0 Å². The van der Waals surface area contributed by atoms with Gasteiger partial charge in [-0.3, -0.25) is 0 Å². The van der Waals surface area contributed by atoms with Crippen molar-refractivity contribution in [2.24, 2.45) is 0 Å². The van der Waals surface area contributed by atoms with Crippen LogP contribution in [0.25, 0.3) is 0 Å². The van der Waals surface area contributed by atoms with E-state index < -0.39 is 5.92 Å². The van der Waals surface area contributed by atoms with E-state index in [0.29, 0.717) is 17.0 Å². The molecule has 0 fully saturated rings. The van der Waals surface area contributed by atoms with Crippen LogP contribution < -0.4 is 10.5 Å². The molecule has 0 saturated carbocycles. The minimum Gasteiger partial charge on any atom is -0.496 e. The molecular formula is C15H15F2NO. The molecule has 0 spiro atoms. The molecule has 2 aromatic rings. The number of aryl methyl sites for hydroxylation is 1. The number of alkyl halides is 2. The fourth-order valence-electron chi connectivity index (χ4n) is 1.93. The summed E-state index contributed by atoms with van der Waals surface area (Å²) in [6, 6.07) is 10.00. The van der Waals surface area contributed by atoms with Gasteiger partial charge in [0, 0.05) is 16.8 Å². The quantitative estimate of drug-likeness (QED) is 0.856. The van der Waals surface area contributed by atoms with Gasteiger partial charge in [-0.25, -0.2) is 0 Å². The zero-order valence-electron chi connectivity index (χ0n) is 10.8. The van der Waals surface area contributed by atoms with Crippen LogP contribution in [0.3, 0.4) is 0 Å². The molecule has 0 heterocycles. The first kappa shape index (κ1) is 13.3. The molecule has 2 aromatic carbocycles. The van der Waals surface area contributed by atoms with Crippen molar-refractivity contribution in [3.05, 3.63) is 59.2 Å². The van der Waals surface area contributed by atoms with Gasteiger partial charge in [-0.05, 0) is 42.8 Å². The molecule has 0 bridgehead atoms. The van der Waals surface area contributed by atoms with Gasteiger partial charge in [0.25, 0.3) is 5.92 Å². The second-order valence-corrected chi connectivity index (χ2v) is 4.38. The number of anilines is 1. The number of nitrogens with two attached hydrogens (primary N) is 1. The highest BCUT2D eigenvalue weighted by Crippen LogP contribution is 2.37. The summed E-state index contributed by atoms with van der Waals surface area (Å²) in [5.74, 6) is -2.46. The van der Waals surface area contributed by atoms with Crippen LogP contribution in [0.4, 0.5) is 14.5 Å². The largest absolute Gasteiger partial charge is 0.496 e. The number of benzene rings is 2. The molecule has 0 radical (unpaired) electrons. The van der Waals surface area contributed by atoms with Crippen molar-refractivity contribution in [3.63, 3.8) is 0 Å². The van der Waals surface area contributed by atoms with E-state index in [4.69, 9.17) is 10.5 Å². The van der Waals surface area contributed by atoms with Crippen LogP contribution in [-0.4, -0.2) is 7.11 Å². The highest BCUT2D eigenvalue weighted by Gasteiger charge is 2.34. The van der Waals surface area contributed by atoms with Gasteiger partial charge in [0.15, 0.2) is 0 Å². The number of ether oxygens (including phenoxy) is 1. The summed E-state index contributed by atoms with van der Waals surface area (Å²) in [5.41, 5.74) is 6.51. The van der Waals surface area contributed by atoms with Crippen molar-refractivity contribution < 1.29 is 13.5 Å². The minimum atomic E-state index is -3.05. The van der Waals surface area contributed by atoms with Gasteiger partial charge in [0.05, 0.1) is 7.11 Å². The summed E-state index contributed by atoms with van der Waals surface area (Å²) in [7, 11) is 1.51. The molecule has 19 heavy (non-hydrogen) atoms. The number of rotatable bonds is 3. The topological polar surface area (TPSA) is 35.2 Å². The number of nitrogen functional groups attached to an aromatic ring is 1. The molecule has 0 aliphatic carbocycles. The lowest BCUT2D eigenvalue weighted by Crippen LogP contribution is -2.15. The van der Waals surface area contributed by atoms with Crippen LogP contribution in [0.5, 0.6) is 5.75 Å². The lowest BCUT2D eigenvalue weighted by molar-refractivity contribution is 0.0427. The third-order valence-electron chi connectivity index (χ3n) is 3.03. The van der Waals surface area contributed by atoms with Crippen LogP contribution in [0.1, 0.15) is 16.7 Å². The van der Waals surface area contributed by atoms with Gasteiger partial charge in [-0.2, -0.15) is 8.78 Å². The predicted molar refractivity (Wildman–Crippen MR) is 71.6 cm³/mol. The fourth-order valence-corrected chi connectivity index (χ4v) is 1.93. The fraction of sp³-hybridized carbons (Fsp3) is 0.200. The summed E-state index contributed by atoms with van der Waals surface area (Å²) in [5, 5.41) is 0. The van der Waals surface area contributed by atoms with Gasteiger partial charge in [-0.1, -0.05) is 12.1 Å². The first-order chi connectivity index (χ1) is 8.95. The molecule has 100 valence electrons. The Kier molecular flexibility index (Phi) is 3.42. The Balaban J connectivity index is 2.43. The van der Waals surface area contributed by atoms with Crippen molar-refractivity contribution >= 4 is 5.69 Å². The van der Waals surface area contributed by atoms with E-state index >= 15 is 0 Å². The van der Waals surface area contributed by atoms with Crippen molar-refractivity contribution in [3.8, 4) is 5.75 Å². The van der Waals surface area contributed by atoms with E-state index in [1.165, 1.54) is 43.5 Å². The maximum absolute atomic E-state index is 14.4. The SMILES string of the molecule is COc1ccc(C(F)(F)c2ccc(N)cc2)cc1C. The van der Waals surface area contributed by atoms with E-state index in [-0.39, 0.29) is 11.1 Å². The summed E-state index contributed by atoms with van der Waals surface area (Å²) in [6.45, 7) is 1.74. The molecule has 0 aliphatic rings. The monoisotopic (exact) mass is 263 g/mol. The van der Waals surface area contributed by atoms with Gasteiger partial charge in [-0.15, -0.1) is 0 Å². The zero-order valence-corrected chi connectivity index (χ0v) is 10.8. The maximum Gasteiger partial charge on any atom is 0.298 e. The molecule has 2 N–H and O–H groups in total. The van der Waals surface area contributed by atoms with Crippen LogP contribution in [0, 0.1) is 6.92 Å². The number of methoxy groups -OCH3 is 1. The summed E-state index contributed by atoms with van der Waals surface area (Å²) in [6.07, 6.45) is 0. The molecule has 0 atom stereocenters. The van der Waals surface area contributed by atoms with Gasteiger partial charge < -0.3 is 10.5 Å². The molecule has 0 unspecified atom stereocenters. The second-order valence-electron chi connectivity index (χ2n) is 4.38. The number of hydrogen-bond acceptors (Lipinski definition) is 2. The molecule has 0 amide bonds. The van der Waals surface area contributed by atoms with Crippen molar-refractivity contribution in [2.75, 3.05) is 12.8 Å². The summed E-state index contributed by atoms with van der Waals surface area (Å²) in [4.78, 5) is 0. The van der Waals surface area contributed by atoms with Gasteiger partial charge >= 0.3 is 0 Å². The number of halogens is 2. The van der Waals surface area contributed by atoms with Crippen LogP contribution in [0.15, 0.2) is 42.5 Å². The third-order valence-corrected chi connectivity index (χ3v) is 3.03. The normalized spacial score (nSPS) is 11.4. The van der Waals surface area contributed by atoms with E-state index in [1.54, 1.807) is 13.0 Å². The molecule has 2 rings (SSSR count). The Morgan fingerprint density at radius 2 is 1.58 bits per heavy atom. The Morgan fingerprint density at radius 1 is 1.00 bits per heavy atom. The lowest BCUT2D eigenvalue weighted by Gasteiger charge is -2.18. The Labute approximate surface area is 110 Å². The first-order valence-electron chi connectivity index (χ1n) is 5.84. The molecule has 0 aromatic heterocycles. The van der Waals surface area contributed by atoms with Gasteiger partial charge in [0.1, 0.15) is 5.75 Å². The number of hydrogen-bond donors (Lipinski definition) is 1. The van der Waals surface area contributed by atoms with Crippen LogP contribution >= 0.6 is 0 Å². The molecular weight excluding hydrogens is 248 g/mol. The summed E-state index contributed by atoms with van der Waals surface area (Å²) < 4.78 is 33.8. The smallest absolute Gasteiger partial charge is 0.298 e. The molecule has 0 aliphatic heterocycles. The zero-order chi connectivity index (χ0) is 14.0. The second kappa shape index (κ2) is 4.88. The van der Waals surface area contributed by atoms with Gasteiger partial charge in [0.2, 0.25) is 0 Å². The average Bonchev–Trinajstić information content (AvgIpc) is 2.39. The minimum absolute atomic E-state index is 0.0597. The first-order valence-corrected chi connectivity index (χ1v) is 5.84. The Morgan fingerprint density at radius 3 is 2.11 bits per heavy atom. The molecule has 0 saturated heterocycles. The third kappa shape index (κ3) is 2.52. The van der Waals surface area contributed by atoms with E-state index in [0.717, 1.165) is 0 Å². The van der Waals surface area contributed by atoms with E-state index in [9.17, 15) is 8.78 Å². The van der Waals surface area contributed by atoms with E-state index in [1.807, 2.05) is 0 Å². The van der Waals surface area contributed by atoms with Crippen LogP contribution in [-0.2, 0) is 5.92 Å². The maximum atomic E-state index is 14.4. The highest BCUT2D eigenvalue weighted by atomic mass is 19.3. The van der Waals surface area contributed by atoms with Crippen molar-refractivity contribution in [1.82, 2.24) is 0 Å². The molecule has 4 heteroatoms. The summed E-state index contributed by atoms with van der Waals surface area (Å²) >= 11 is 0. The average molecular weight is 263 g/mol. The standard InChI is InChI=1S/C15H15F2NO/c1-10-9-12(5-8-14(10)19-2)15(16,17)11-3-6-13(18)7-4-11/h3-9H,18H2,1-2H3. The Hall–Kier alpha value is -2.10. The van der Waals surface area contributed by atoms with Crippen molar-refractivity contribution in [2.45, 2.75) is 12.8 Å². The van der Waals surface area contributed by atoms with Crippen LogP contribution in [0.2, 0.25) is 0 Å².